The van der Waals surface area contributed by atoms with Crippen molar-refractivity contribution in [1.82, 2.24) is 19.6 Å². The summed E-state index contributed by atoms with van der Waals surface area (Å²) in [6.07, 6.45) is 0.646. The number of amides is 4. The third kappa shape index (κ3) is 12.8. The van der Waals surface area contributed by atoms with Crippen LogP contribution in [0, 0.1) is 17.3 Å². The normalized spacial score (nSPS) is 21.8. The zero-order valence-electron chi connectivity index (χ0n) is 50.8. The molecule has 5 rings (SSSR count). The van der Waals surface area contributed by atoms with Gasteiger partial charge in [-0.15, -0.1) is 0 Å². The number of ether oxygens (including phenoxy) is 2. The summed E-state index contributed by atoms with van der Waals surface area (Å²) in [4.78, 5) is 83.8. The molecule has 2 atom stereocenters. The number of hydrogen-bond acceptors (Lipinski definition) is 11. The quantitative estimate of drug-likeness (QED) is 0.154. The van der Waals surface area contributed by atoms with Crippen molar-refractivity contribution in [1.29, 1.82) is 0 Å². The first-order chi connectivity index (χ1) is 33.7. The van der Waals surface area contributed by atoms with Crippen molar-refractivity contribution < 1.29 is 43.7 Å². The fourth-order valence-electron chi connectivity index (χ4n) is 12.4. The van der Waals surface area contributed by atoms with E-state index in [-0.39, 0.29) is 59.6 Å². The average molecular weight is 1040 g/mol. The topological polar surface area (TPSA) is 157 Å². The summed E-state index contributed by atoms with van der Waals surface area (Å²) in [5, 5.41) is 23.5. The number of rotatable bonds is 12. The van der Waals surface area contributed by atoms with Gasteiger partial charge in [0.25, 0.3) is 0 Å². The summed E-state index contributed by atoms with van der Waals surface area (Å²) in [5.74, 6) is -4.63. The second-order valence-corrected chi connectivity index (χ2v) is 29.7. The van der Waals surface area contributed by atoms with Crippen LogP contribution in [0.15, 0.2) is 24.3 Å². The van der Waals surface area contributed by atoms with Gasteiger partial charge in [-0.3, -0.25) is 38.8 Å². The Labute approximate surface area is 451 Å². The van der Waals surface area contributed by atoms with Crippen LogP contribution in [0.3, 0.4) is 0 Å². The Hall–Kier alpha value is -4.49. The molecule has 75 heavy (non-hydrogen) atoms. The Morgan fingerprint density at radius 3 is 0.987 bits per heavy atom. The Morgan fingerprint density at radius 2 is 0.760 bits per heavy atom. The second kappa shape index (κ2) is 20.4. The summed E-state index contributed by atoms with van der Waals surface area (Å²) in [6, 6.07) is 6.40. The number of likely N-dealkylation sites (tertiary alicyclic amines) is 2. The number of imide groups is 2. The van der Waals surface area contributed by atoms with E-state index < -0.39 is 80.9 Å². The van der Waals surface area contributed by atoms with E-state index in [9.17, 15) is 19.8 Å². The molecule has 3 aliphatic rings. The summed E-state index contributed by atoms with van der Waals surface area (Å²) < 4.78 is 12.7. The van der Waals surface area contributed by atoms with Crippen LogP contribution in [0.5, 0.6) is 11.5 Å². The number of barbiturate groups is 1. The molecule has 0 radical (unpaired) electrons. The lowest BCUT2D eigenvalue weighted by Gasteiger charge is -2.53. The highest BCUT2D eigenvalue weighted by molar-refractivity contribution is 6.19. The van der Waals surface area contributed by atoms with Gasteiger partial charge in [-0.2, -0.15) is 0 Å². The third-order valence-electron chi connectivity index (χ3n) is 17.2. The van der Waals surface area contributed by atoms with Gasteiger partial charge < -0.3 is 19.7 Å². The molecule has 3 fully saturated rings. The van der Waals surface area contributed by atoms with Crippen molar-refractivity contribution in [2.45, 2.75) is 260 Å². The van der Waals surface area contributed by atoms with Crippen molar-refractivity contribution in [3.8, 4) is 11.5 Å². The lowest BCUT2D eigenvalue weighted by atomic mass is 9.70. The Morgan fingerprint density at radius 1 is 0.520 bits per heavy atom. The smallest absolute Gasteiger partial charge is 0.334 e. The lowest BCUT2D eigenvalue weighted by Crippen LogP contribution is -2.65. The molecule has 3 saturated heterocycles. The van der Waals surface area contributed by atoms with Gasteiger partial charge in [0, 0.05) is 47.8 Å². The average Bonchev–Trinajstić information content (AvgIpc) is 3.22. The zero-order valence-corrected chi connectivity index (χ0v) is 50.8. The maximum Gasteiger partial charge on any atom is 0.334 e. The highest BCUT2D eigenvalue weighted by atomic mass is 16.5. The van der Waals surface area contributed by atoms with E-state index in [1.54, 1.807) is 13.8 Å². The molecule has 2 N–H and O–H groups in total. The standard InChI is InChI=1S/C62H98N4O9/c1-37(49(69)74-41-31-58(15,16)63(23)59(17,18)32-41)29-62(30-38(2)50(70)75-42-33-60(19,20)64(24)61(21,22)34-42)51(71)65(35-39-25-43(54(3,4)5)47(67)44(26-39)55(6,7)8)53(73)66(52(62)72)36-40-27-45(56(9,10)11)48(68)46(28-40)57(12,13)14/h25-28,37-38,41-42,67-68H,29-36H2,1-24H3. The van der Waals surface area contributed by atoms with E-state index >= 15 is 14.4 Å². The maximum absolute atomic E-state index is 16.1. The Bertz CT molecular complexity index is 2250. The summed E-state index contributed by atoms with van der Waals surface area (Å²) in [7, 11) is 4.14. The van der Waals surface area contributed by atoms with Crippen LogP contribution < -0.4 is 0 Å². The van der Waals surface area contributed by atoms with Gasteiger partial charge >= 0.3 is 18.0 Å². The van der Waals surface area contributed by atoms with Gasteiger partial charge in [0.1, 0.15) is 29.1 Å². The minimum Gasteiger partial charge on any atom is -0.507 e. The zero-order chi connectivity index (χ0) is 57.5. The summed E-state index contributed by atoms with van der Waals surface area (Å²) in [5.41, 5.74) is -1.90. The SMILES string of the molecule is CC(CC1(CC(C)C(=O)OC2CC(C)(C)N(C)C(C)(C)C2)C(=O)N(Cc2cc(C(C)(C)C)c(O)c(C(C)(C)C)c2)C(=O)N(Cc2cc(C(C)(C)C)c(O)c(C(C)(C)C)c2)C1=O)C(=O)OC1CC(C)(C)N(C)C(C)(C)C1. The van der Waals surface area contributed by atoms with Crippen molar-refractivity contribution >= 4 is 29.8 Å². The third-order valence-corrected chi connectivity index (χ3v) is 17.2. The van der Waals surface area contributed by atoms with Crippen molar-refractivity contribution in [2.75, 3.05) is 14.1 Å². The predicted octanol–water partition coefficient (Wildman–Crippen LogP) is 12.2. The van der Waals surface area contributed by atoms with Gasteiger partial charge in [-0.05, 0) is 162 Å². The first-order valence-electron chi connectivity index (χ1n) is 27.5. The molecule has 420 valence electrons. The molecule has 0 bridgehead atoms. The number of urea groups is 1. The lowest BCUT2D eigenvalue weighted by molar-refractivity contribution is -0.171. The number of hydrogen-bond donors (Lipinski definition) is 2. The Kier molecular flexibility index (Phi) is 16.7. The van der Waals surface area contributed by atoms with Crippen molar-refractivity contribution in [3.63, 3.8) is 0 Å². The van der Waals surface area contributed by atoms with Gasteiger partial charge in [-0.1, -0.05) is 96.9 Å². The fourth-order valence-corrected chi connectivity index (χ4v) is 12.4. The van der Waals surface area contributed by atoms with Crippen LogP contribution in [0.1, 0.15) is 224 Å². The fraction of sp³-hybridized carbons (Fsp3) is 0.726. The largest absolute Gasteiger partial charge is 0.507 e. The van der Waals surface area contributed by atoms with Crippen molar-refractivity contribution in [2.24, 2.45) is 17.3 Å². The molecule has 13 heteroatoms. The predicted molar refractivity (Wildman–Crippen MR) is 298 cm³/mol. The van der Waals surface area contributed by atoms with Crippen LogP contribution in [-0.2, 0) is 63.4 Å². The molecule has 0 saturated carbocycles. The molecule has 2 aromatic carbocycles. The van der Waals surface area contributed by atoms with Gasteiger partial charge in [-0.25, -0.2) is 4.79 Å². The summed E-state index contributed by atoms with van der Waals surface area (Å²) >= 11 is 0. The molecule has 2 unspecified atom stereocenters. The second-order valence-electron chi connectivity index (χ2n) is 29.7. The van der Waals surface area contributed by atoms with E-state index in [0.29, 0.717) is 59.1 Å². The highest BCUT2D eigenvalue weighted by Gasteiger charge is 2.60. The van der Waals surface area contributed by atoms with Crippen LogP contribution in [0.25, 0.3) is 0 Å². The van der Waals surface area contributed by atoms with E-state index in [4.69, 9.17) is 9.47 Å². The van der Waals surface area contributed by atoms with Gasteiger partial charge in [0.15, 0.2) is 0 Å². The van der Waals surface area contributed by atoms with Gasteiger partial charge in [0.2, 0.25) is 11.8 Å². The number of carbonyl (C=O) groups excluding carboxylic acids is 5. The number of phenols is 2. The van der Waals surface area contributed by atoms with E-state index in [1.165, 1.54) is 0 Å². The Balaban J connectivity index is 1.74. The number of esters is 2. The number of benzene rings is 2. The molecule has 0 aliphatic carbocycles. The minimum absolute atomic E-state index is 0.130. The van der Waals surface area contributed by atoms with Gasteiger partial charge in [0.05, 0.1) is 24.9 Å². The van der Waals surface area contributed by atoms with E-state index in [2.05, 4.69) is 79.3 Å². The number of piperidine rings is 2. The highest BCUT2D eigenvalue weighted by Crippen LogP contribution is 2.48. The summed E-state index contributed by atoms with van der Waals surface area (Å²) in [6.45, 7) is 43.5. The number of phenolic OH excluding ortho intramolecular Hbond substituents is 2. The van der Waals surface area contributed by atoms with Crippen LogP contribution >= 0.6 is 0 Å². The molecule has 3 aliphatic heterocycles. The number of carbonyl (C=O) groups is 5. The minimum atomic E-state index is -2.14. The molecule has 0 spiro atoms. The molecule has 0 aromatic heterocycles. The van der Waals surface area contributed by atoms with Crippen LogP contribution in [0.2, 0.25) is 0 Å². The number of aromatic hydroxyl groups is 2. The monoisotopic (exact) mass is 1040 g/mol. The van der Waals surface area contributed by atoms with Crippen LogP contribution in [0.4, 0.5) is 4.79 Å². The molecule has 2 aromatic rings. The first kappa shape index (κ1) is 61.4. The first-order valence-corrected chi connectivity index (χ1v) is 27.5. The molecule has 4 amide bonds. The van der Waals surface area contributed by atoms with Crippen LogP contribution in [-0.4, -0.2) is 108 Å². The molecule has 3 heterocycles. The molecular formula is C62H98N4O9. The maximum atomic E-state index is 16.1. The van der Waals surface area contributed by atoms with E-state index in [1.807, 2.05) is 107 Å². The molecule has 13 nitrogen and oxygen atoms in total. The van der Waals surface area contributed by atoms with E-state index in [0.717, 1.165) is 9.80 Å². The number of nitrogens with zero attached hydrogens (tertiary/aromatic N) is 4. The molecular weight excluding hydrogens is 945 g/mol. The van der Waals surface area contributed by atoms with Crippen molar-refractivity contribution in [3.05, 3.63) is 57.6 Å².